The van der Waals surface area contributed by atoms with Gasteiger partial charge in [-0.2, -0.15) is 52.7 Å². The molecule has 2 atom stereocenters. The third kappa shape index (κ3) is 4.79. The molecule has 1 fully saturated rings. The van der Waals surface area contributed by atoms with Crippen molar-refractivity contribution in [3.63, 3.8) is 0 Å². The number of aliphatic carboxylic acids is 1. The molecule has 0 spiro atoms. The summed E-state index contributed by atoms with van der Waals surface area (Å²) in [5.74, 6) is -10.4. The third-order valence-electron chi connectivity index (χ3n) is 5.55. The van der Waals surface area contributed by atoms with Gasteiger partial charge in [-0.05, 0) is 31.6 Å². The molecule has 188 valence electrons. The molecule has 0 saturated heterocycles. The van der Waals surface area contributed by atoms with Crippen LogP contribution in [0.25, 0.3) is 0 Å². The molecule has 2 unspecified atom stereocenters. The predicted octanol–water partition coefficient (Wildman–Crippen LogP) is 4.76. The topological polar surface area (TPSA) is 77.8 Å². The molecule has 1 aliphatic carbocycles. The summed E-state index contributed by atoms with van der Waals surface area (Å²) in [7, 11) is 0. The van der Waals surface area contributed by atoms with Gasteiger partial charge in [-0.1, -0.05) is 6.58 Å². The van der Waals surface area contributed by atoms with Crippen LogP contribution < -0.4 is 0 Å². The molecule has 0 aliphatic heterocycles. The van der Waals surface area contributed by atoms with Crippen molar-refractivity contribution >= 4 is 5.97 Å². The van der Waals surface area contributed by atoms with E-state index in [0.29, 0.717) is 0 Å². The highest BCUT2D eigenvalue weighted by Gasteiger charge is 2.78. The average molecular weight is 500 g/mol. The average Bonchev–Trinajstić information content (AvgIpc) is 2.55. The van der Waals surface area contributed by atoms with Crippen molar-refractivity contribution in [1.29, 1.82) is 0 Å². The van der Waals surface area contributed by atoms with Crippen LogP contribution in [0, 0.1) is 17.8 Å². The molecule has 3 N–H and O–H groups in total. The van der Waals surface area contributed by atoms with E-state index in [1.54, 1.807) is 0 Å². The summed E-state index contributed by atoms with van der Waals surface area (Å²) in [6, 6.07) is 0. The zero-order valence-electron chi connectivity index (χ0n) is 15.6. The number of aliphatic hydroxyl groups is 2. The molecule has 1 saturated carbocycles. The lowest BCUT2D eigenvalue weighted by molar-refractivity contribution is -0.404. The van der Waals surface area contributed by atoms with Gasteiger partial charge in [0.2, 0.25) is 0 Å². The smallest absolute Gasteiger partial charge is 0.426 e. The number of rotatable bonds is 5. The first-order valence-electron chi connectivity index (χ1n) is 8.53. The summed E-state index contributed by atoms with van der Waals surface area (Å²) in [5, 5.41) is 27.8. The van der Waals surface area contributed by atoms with Crippen molar-refractivity contribution in [1.82, 2.24) is 0 Å². The van der Waals surface area contributed by atoms with E-state index < -0.39 is 90.9 Å². The quantitative estimate of drug-likeness (QED) is 0.376. The molecular formula is C16H16F12O4. The standard InChI is InChI=1S/C16H16F12O4/c1-6(10(29)30)2-7-3-8(11(31,13(17,18)19)14(20,21)22)5-9(4-7)12(32,15(23,24)25)16(26,27)28/h7-9,31-32H,1-5H2,(H,29,30). The van der Waals surface area contributed by atoms with Crippen LogP contribution in [0.3, 0.4) is 0 Å². The number of carboxylic acid groups (broad SMARTS) is 1. The van der Waals surface area contributed by atoms with Gasteiger partial charge in [0.05, 0.1) is 0 Å². The molecule has 0 bridgehead atoms. The van der Waals surface area contributed by atoms with Crippen molar-refractivity contribution in [2.24, 2.45) is 17.8 Å². The Morgan fingerprint density at radius 2 is 0.969 bits per heavy atom. The highest BCUT2D eigenvalue weighted by molar-refractivity contribution is 5.85. The first kappa shape index (κ1) is 28.3. The second-order valence-corrected chi connectivity index (χ2v) is 7.60. The van der Waals surface area contributed by atoms with Gasteiger partial charge in [0.15, 0.2) is 0 Å². The molecule has 0 heterocycles. The lowest BCUT2D eigenvalue weighted by atomic mass is 9.62. The molecule has 0 aromatic rings. The van der Waals surface area contributed by atoms with Crippen molar-refractivity contribution in [2.45, 2.75) is 61.6 Å². The van der Waals surface area contributed by atoms with Crippen LogP contribution in [-0.2, 0) is 4.79 Å². The molecule has 0 amide bonds. The Hall–Kier alpha value is -1.71. The van der Waals surface area contributed by atoms with E-state index in [1.165, 1.54) is 0 Å². The second kappa shape index (κ2) is 8.25. The van der Waals surface area contributed by atoms with Crippen LogP contribution in [-0.4, -0.2) is 57.2 Å². The van der Waals surface area contributed by atoms with E-state index in [4.69, 9.17) is 5.11 Å². The van der Waals surface area contributed by atoms with Gasteiger partial charge >= 0.3 is 30.7 Å². The van der Waals surface area contributed by atoms with Crippen LogP contribution in [0.5, 0.6) is 0 Å². The van der Waals surface area contributed by atoms with Gasteiger partial charge < -0.3 is 15.3 Å². The normalized spacial score (nSPS) is 24.4. The zero-order chi connectivity index (χ0) is 25.7. The summed E-state index contributed by atoms with van der Waals surface area (Å²) in [5.41, 5.74) is -12.4. The van der Waals surface area contributed by atoms with Gasteiger partial charge in [-0.15, -0.1) is 0 Å². The number of hydrogen-bond donors (Lipinski definition) is 3. The fourth-order valence-electron chi connectivity index (χ4n) is 3.97. The highest BCUT2D eigenvalue weighted by atomic mass is 19.4. The fourth-order valence-corrected chi connectivity index (χ4v) is 3.97. The van der Waals surface area contributed by atoms with Crippen molar-refractivity contribution in [3.05, 3.63) is 12.2 Å². The predicted molar refractivity (Wildman–Crippen MR) is 79.8 cm³/mol. The summed E-state index contributed by atoms with van der Waals surface area (Å²) in [4.78, 5) is 10.8. The number of halogens is 12. The molecule has 16 heteroatoms. The van der Waals surface area contributed by atoms with Crippen LogP contribution in [0.2, 0.25) is 0 Å². The summed E-state index contributed by atoms with van der Waals surface area (Å²) in [6.07, 6.45) is -32.4. The SMILES string of the molecule is C=C(CC1CC(C(O)(C(F)(F)F)C(F)(F)F)CC(C(O)(C(F)(F)F)C(F)(F)F)C1)C(=O)O. The van der Waals surface area contributed by atoms with Gasteiger partial charge in [0.25, 0.3) is 11.2 Å². The lowest BCUT2D eigenvalue weighted by Gasteiger charge is -2.48. The molecule has 1 rings (SSSR count). The van der Waals surface area contributed by atoms with Crippen LogP contribution in [0.1, 0.15) is 25.7 Å². The van der Waals surface area contributed by atoms with Gasteiger partial charge in [-0.3, -0.25) is 0 Å². The molecule has 0 aromatic heterocycles. The Balaban J connectivity index is 3.67. The van der Waals surface area contributed by atoms with Gasteiger partial charge in [0.1, 0.15) is 0 Å². The maximum Gasteiger partial charge on any atom is 0.426 e. The first-order chi connectivity index (χ1) is 13.9. The first-order valence-corrected chi connectivity index (χ1v) is 8.53. The monoisotopic (exact) mass is 500 g/mol. The number of hydrogen-bond acceptors (Lipinski definition) is 3. The van der Waals surface area contributed by atoms with Crippen molar-refractivity contribution in [2.75, 3.05) is 0 Å². The number of carboxylic acids is 1. The van der Waals surface area contributed by atoms with E-state index in [-0.39, 0.29) is 0 Å². The van der Waals surface area contributed by atoms with Gasteiger partial charge in [0, 0.05) is 17.4 Å². The number of alkyl halides is 12. The number of carbonyl (C=O) groups is 1. The zero-order valence-corrected chi connectivity index (χ0v) is 15.6. The molecule has 1 aliphatic rings. The van der Waals surface area contributed by atoms with Gasteiger partial charge in [-0.25, -0.2) is 4.79 Å². The van der Waals surface area contributed by atoms with E-state index >= 15 is 0 Å². The Morgan fingerprint density at radius 3 is 1.19 bits per heavy atom. The second-order valence-electron chi connectivity index (χ2n) is 7.60. The van der Waals surface area contributed by atoms with Crippen molar-refractivity contribution in [3.8, 4) is 0 Å². The molecule has 0 aromatic carbocycles. The largest absolute Gasteiger partial charge is 0.478 e. The Labute approximate surface area is 171 Å². The maximum absolute atomic E-state index is 13.2. The molecule has 32 heavy (non-hydrogen) atoms. The summed E-state index contributed by atoms with van der Waals surface area (Å²) in [6.45, 7) is 2.90. The van der Waals surface area contributed by atoms with E-state index in [9.17, 15) is 67.7 Å². The minimum absolute atomic E-state index is 0.917. The highest BCUT2D eigenvalue weighted by Crippen LogP contribution is 2.58. The summed E-state index contributed by atoms with van der Waals surface area (Å²) < 4.78 is 158. The van der Waals surface area contributed by atoms with E-state index in [0.717, 1.165) is 0 Å². The minimum Gasteiger partial charge on any atom is -0.478 e. The third-order valence-corrected chi connectivity index (χ3v) is 5.55. The fraction of sp³-hybridized carbons (Fsp3) is 0.812. The van der Waals surface area contributed by atoms with E-state index in [1.807, 2.05) is 0 Å². The summed E-state index contributed by atoms with van der Waals surface area (Å²) >= 11 is 0. The minimum atomic E-state index is -6.57. The van der Waals surface area contributed by atoms with E-state index in [2.05, 4.69) is 6.58 Å². The van der Waals surface area contributed by atoms with Crippen LogP contribution >= 0.6 is 0 Å². The van der Waals surface area contributed by atoms with Crippen LogP contribution in [0.15, 0.2) is 12.2 Å². The van der Waals surface area contributed by atoms with Crippen molar-refractivity contribution < 1.29 is 72.8 Å². The maximum atomic E-state index is 13.2. The van der Waals surface area contributed by atoms with Crippen LogP contribution in [0.4, 0.5) is 52.7 Å². The molecule has 0 radical (unpaired) electrons. The lowest BCUT2D eigenvalue weighted by Crippen LogP contribution is -2.66. The Morgan fingerprint density at radius 1 is 0.688 bits per heavy atom. The Bertz CT molecular complexity index is 644. The molecular weight excluding hydrogens is 484 g/mol. The Kier molecular flexibility index (Phi) is 7.31. The molecule has 4 nitrogen and oxygen atoms in total.